The van der Waals surface area contributed by atoms with Gasteiger partial charge in [0.25, 0.3) is 0 Å². The van der Waals surface area contributed by atoms with Gasteiger partial charge in [-0.1, -0.05) is 31.9 Å². The number of nitrogens with two attached hydrogens (primary N) is 1. The average Bonchev–Trinajstić information content (AvgIpc) is 2.53. The van der Waals surface area contributed by atoms with Gasteiger partial charge in [-0.2, -0.15) is 0 Å². The third kappa shape index (κ3) is 6.03. The van der Waals surface area contributed by atoms with Crippen LogP contribution in [0.5, 0.6) is 0 Å². The lowest BCUT2D eigenvalue weighted by molar-refractivity contribution is 0.717. The minimum Gasteiger partial charge on any atom is -0.386 e. The number of benzene rings is 1. The number of nitrogens with one attached hydrogen (secondary N) is 1. The average molecular weight is 324 g/mol. The lowest BCUT2D eigenvalue weighted by atomic mass is 10.1. The Balaban J connectivity index is 1.88. The van der Waals surface area contributed by atoms with Crippen LogP contribution in [0.25, 0.3) is 0 Å². The standard InChI is InChI=1S/C20H28N4/c1-4-5-6-7-17-8-10-18(11-9-17)22-14-19(21)24-20-13-15(2)12-16(3)23-20/h8-13,22H,4-7,14H2,1-3H3,(H2,21,23,24). The number of nitrogens with zero attached hydrogens (tertiary/aromatic N) is 2. The SMILES string of the molecule is CCCCCc1ccc(NC/C(N)=N/c2cc(C)cc(C)n2)cc1. The monoisotopic (exact) mass is 324 g/mol. The topological polar surface area (TPSA) is 63.3 Å². The van der Waals surface area contributed by atoms with E-state index in [0.717, 1.165) is 23.4 Å². The van der Waals surface area contributed by atoms with Gasteiger partial charge in [0.15, 0.2) is 5.82 Å². The van der Waals surface area contributed by atoms with Crippen LogP contribution in [0, 0.1) is 13.8 Å². The first-order chi connectivity index (χ1) is 11.6. The molecule has 0 fully saturated rings. The zero-order valence-electron chi connectivity index (χ0n) is 15.0. The summed E-state index contributed by atoms with van der Waals surface area (Å²) in [4.78, 5) is 8.76. The Morgan fingerprint density at radius 3 is 2.54 bits per heavy atom. The molecule has 1 aromatic heterocycles. The predicted molar refractivity (Wildman–Crippen MR) is 103 cm³/mol. The summed E-state index contributed by atoms with van der Waals surface area (Å²) in [5, 5.41) is 3.30. The first-order valence-electron chi connectivity index (χ1n) is 8.68. The van der Waals surface area contributed by atoms with Gasteiger partial charge in [-0.15, -0.1) is 0 Å². The summed E-state index contributed by atoms with van der Waals surface area (Å²) in [6.45, 7) is 6.73. The summed E-state index contributed by atoms with van der Waals surface area (Å²) < 4.78 is 0. The molecule has 0 atom stereocenters. The highest BCUT2D eigenvalue weighted by atomic mass is 15.0. The molecule has 0 aliphatic carbocycles. The van der Waals surface area contributed by atoms with Crippen LogP contribution in [0.2, 0.25) is 0 Å². The Labute approximate surface area is 145 Å². The second-order valence-corrected chi connectivity index (χ2v) is 6.25. The van der Waals surface area contributed by atoms with Crippen LogP contribution in [-0.2, 0) is 6.42 Å². The van der Waals surface area contributed by atoms with E-state index in [-0.39, 0.29) is 0 Å². The first kappa shape index (κ1) is 18.0. The number of hydrogen-bond acceptors (Lipinski definition) is 3. The van der Waals surface area contributed by atoms with E-state index in [4.69, 9.17) is 5.73 Å². The van der Waals surface area contributed by atoms with Gasteiger partial charge in [0.1, 0.15) is 5.84 Å². The molecule has 0 radical (unpaired) electrons. The van der Waals surface area contributed by atoms with E-state index in [1.165, 1.54) is 24.8 Å². The van der Waals surface area contributed by atoms with Gasteiger partial charge in [0, 0.05) is 11.4 Å². The fraction of sp³-hybridized carbons (Fsp3) is 0.400. The molecule has 1 heterocycles. The molecule has 0 aliphatic heterocycles. The zero-order chi connectivity index (χ0) is 17.4. The van der Waals surface area contributed by atoms with E-state index >= 15 is 0 Å². The van der Waals surface area contributed by atoms with Crippen molar-refractivity contribution in [1.82, 2.24) is 4.98 Å². The molecule has 0 amide bonds. The molecular formula is C20H28N4. The molecule has 4 heteroatoms. The van der Waals surface area contributed by atoms with E-state index in [0.29, 0.717) is 18.2 Å². The summed E-state index contributed by atoms with van der Waals surface area (Å²) in [5.74, 6) is 1.19. The van der Waals surface area contributed by atoms with Crippen molar-refractivity contribution in [3.63, 3.8) is 0 Å². The Morgan fingerprint density at radius 1 is 1.12 bits per heavy atom. The van der Waals surface area contributed by atoms with Gasteiger partial charge in [-0.25, -0.2) is 9.98 Å². The quantitative estimate of drug-likeness (QED) is 0.426. The molecule has 1 aromatic carbocycles. The minimum atomic E-state index is 0.504. The van der Waals surface area contributed by atoms with Gasteiger partial charge in [0.2, 0.25) is 0 Å². The molecule has 24 heavy (non-hydrogen) atoms. The van der Waals surface area contributed by atoms with Crippen molar-refractivity contribution in [2.45, 2.75) is 46.5 Å². The molecule has 3 N–H and O–H groups in total. The van der Waals surface area contributed by atoms with Crippen LogP contribution >= 0.6 is 0 Å². The Kier molecular flexibility index (Phi) is 6.79. The maximum Gasteiger partial charge on any atom is 0.154 e. The molecule has 2 rings (SSSR count). The Hall–Kier alpha value is -2.36. The number of aromatic nitrogens is 1. The maximum atomic E-state index is 6.01. The second-order valence-electron chi connectivity index (χ2n) is 6.25. The maximum absolute atomic E-state index is 6.01. The van der Waals surface area contributed by atoms with Crippen molar-refractivity contribution in [1.29, 1.82) is 0 Å². The number of rotatable bonds is 8. The lowest BCUT2D eigenvalue weighted by Gasteiger charge is -2.08. The number of unbranched alkanes of at least 4 members (excludes halogenated alkanes) is 2. The molecule has 2 aromatic rings. The molecule has 0 saturated carbocycles. The van der Waals surface area contributed by atoms with Crippen LogP contribution in [0.4, 0.5) is 11.5 Å². The molecule has 0 spiro atoms. The van der Waals surface area contributed by atoms with Gasteiger partial charge >= 0.3 is 0 Å². The molecule has 0 unspecified atom stereocenters. The molecule has 0 aliphatic rings. The van der Waals surface area contributed by atoms with Crippen LogP contribution in [0.15, 0.2) is 41.4 Å². The summed E-state index contributed by atoms with van der Waals surface area (Å²) in [6, 6.07) is 12.5. The Bertz CT molecular complexity index is 654. The number of aryl methyl sites for hydroxylation is 3. The zero-order valence-corrected chi connectivity index (χ0v) is 15.0. The summed E-state index contributed by atoms with van der Waals surface area (Å²) in [6.07, 6.45) is 4.95. The van der Waals surface area contributed by atoms with Crippen molar-refractivity contribution in [2.75, 3.05) is 11.9 Å². The molecule has 0 bridgehead atoms. The first-order valence-corrected chi connectivity index (χ1v) is 8.68. The summed E-state index contributed by atoms with van der Waals surface area (Å²) in [5.41, 5.74) is 10.5. The normalized spacial score (nSPS) is 11.5. The lowest BCUT2D eigenvalue weighted by Crippen LogP contribution is -2.22. The highest BCUT2D eigenvalue weighted by Gasteiger charge is 2.00. The Morgan fingerprint density at radius 2 is 1.88 bits per heavy atom. The van der Waals surface area contributed by atoms with E-state index in [1.54, 1.807) is 0 Å². The minimum absolute atomic E-state index is 0.504. The summed E-state index contributed by atoms with van der Waals surface area (Å²) >= 11 is 0. The highest BCUT2D eigenvalue weighted by molar-refractivity contribution is 5.86. The number of aliphatic imine (C=N–C) groups is 1. The summed E-state index contributed by atoms with van der Waals surface area (Å²) in [7, 11) is 0. The fourth-order valence-corrected chi connectivity index (χ4v) is 2.62. The fourth-order valence-electron chi connectivity index (χ4n) is 2.62. The number of hydrogen-bond donors (Lipinski definition) is 2. The third-order valence-electron chi connectivity index (χ3n) is 3.84. The van der Waals surface area contributed by atoms with E-state index in [2.05, 4.69) is 46.5 Å². The third-order valence-corrected chi connectivity index (χ3v) is 3.84. The molecule has 128 valence electrons. The van der Waals surface area contributed by atoms with E-state index < -0.39 is 0 Å². The predicted octanol–water partition coefficient (Wildman–Crippen LogP) is 4.53. The van der Waals surface area contributed by atoms with Crippen molar-refractivity contribution in [3.05, 3.63) is 53.2 Å². The van der Waals surface area contributed by atoms with Crippen LogP contribution in [0.1, 0.15) is 43.0 Å². The van der Waals surface area contributed by atoms with Crippen molar-refractivity contribution < 1.29 is 0 Å². The van der Waals surface area contributed by atoms with Gasteiger partial charge in [-0.05, 0) is 62.1 Å². The van der Waals surface area contributed by atoms with Crippen molar-refractivity contribution in [3.8, 4) is 0 Å². The van der Waals surface area contributed by atoms with Gasteiger partial charge < -0.3 is 11.1 Å². The van der Waals surface area contributed by atoms with Crippen molar-refractivity contribution in [2.24, 2.45) is 10.7 Å². The number of pyridine rings is 1. The molecular weight excluding hydrogens is 296 g/mol. The van der Waals surface area contributed by atoms with Crippen LogP contribution in [-0.4, -0.2) is 17.4 Å². The van der Waals surface area contributed by atoms with Crippen molar-refractivity contribution >= 4 is 17.3 Å². The largest absolute Gasteiger partial charge is 0.386 e. The van der Waals surface area contributed by atoms with Crippen LogP contribution in [0.3, 0.4) is 0 Å². The molecule has 0 saturated heterocycles. The smallest absolute Gasteiger partial charge is 0.154 e. The van der Waals surface area contributed by atoms with Gasteiger partial charge in [0.05, 0.1) is 6.54 Å². The van der Waals surface area contributed by atoms with Gasteiger partial charge in [-0.3, -0.25) is 0 Å². The van der Waals surface area contributed by atoms with E-state index in [9.17, 15) is 0 Å². The van der Waals surface area contributed by atoms with Crippen LogP contribution < -0.4 is 11.1 Å². The highest BCUT2D eigenvalue weighted by Crippen LogP contribution is 2.14. The number of anilines is 1. The molecule has 4 nitrogen and oxygen atoms in total. The number of amidine groups is 1. The second kappa shape index (κ2) is 9.06. The van der Waals surface area contributed by atoms with E-state index in [1.807, 2.05) is 26.0 Å².